The van der Waals surface area contributed by atoms with E-state index in [1.54, 1.807) is 26.2 Å². The van der Waals surface area contributed by atoms with E-state index in [4.69, 9.17) is 9.47 Å². The van der Waals surface area contributed by atoms with Crippen molar-refractivity contribution in [1.29, 1.82) is 0 Å². The van der Waals surface area contributed by atoms with E-state index in [1.807, 2.05) is 12.1 Å². The molecule has 3 aliphatic heterocycles. The van der Waals surface area contributed by atoms with E-state index in [1.165, 1.54) is 4.90 Å². The summed E-state index contributed by atoms with van der Waals surface area (Å²) in [5, 5.41) is 3.54. The molecule has 0 aromatic heterocycles. The normalized spacial score (nSPS) is 29.3. The highest BCUT2D eigenvalue weighted by Gasteiger charge is 2.56. The molecule has 3 aliphatic rings. The number of likely N-dealkylation sites (N-methyl/N-ethyl adjacent to an activating group) is 1. The number of nitrogens with zero attached hydrogens (tertiary/aromatic N) is 4. The van der Waals surface area contributed by atoms with Gasteiger partial charge in [-0.15, -0.1) is 0 Å². The molecular weight excluding hydrogens is 386 g/mol. The highest BCUT2D eigenvalue weighted by atomic mass is 16.5. The van der Waals surface area contributed by atoms with Crippen molar-refractivity contribution in [2.75, 3.05) is 52.4 Å². The fourth-order valence-electron chi connectivity index (χ4n) is 4.82. The Morgan fingerprint density at radius 2 is 1.97 bits per heavy atom. The highest BCUT2D eigenvalue weighted by molar-refractivity contribution is 6.00. The summed E-state index contributed by atoms with van der Waals surface area (Å²) in [5.74, 6) is 0.972. The number of urea groups is 1. The van der Waals surface area contributed by atoms with Gasteiger partial charge >= 0.3 is 6.03 Å². The molecule has 1 aromatic carbocycles. The summed E-state index contributed by atoms with van der Waals surface area (Å²) in [4.78, 5) is 33.6. The molecular formula is C21H31N5O4. The van der Waals surface area contributed by atoms with Gasteiger partial charge in [-0.2, -0.15) is 0 Å². The molecule has 3 fully saturated rings. The van der Waals surface area contributed by atoms with Gasteiger partial charge in [0.05, 0.1) is 25.9 Å². The summed E-state index contributed by atoms with van der Waals surface area (Å²) in [5.41, 5.74) is 2.13. The number of carbonyl (C=O) groups excluding carboxylic acids is 2. The summed E-state index contributed by atoms with van der Waals surface area (Å²) in [6.45, 7) is 6.42. The van der Waals surface area contributed by atoms with Crippen LogP contribution in [0.5, 0.6) is 5.75 Å². The Bertz CT molecular complexity index is 834. The van der Waals surface area contributed by atoms with Crippen LogP contribution in [0.3, 0.4) is 0 Å². The fraction of sp³-hybridized carbons (Fsp3) is 0.619. The first kappa shape index (κ1) is 20.9. The Labute approximate surface area is 177 Å². The summed E-state index contributed by atoms with van der Waals surface area (Å²) in [6, 6.07) is 5.39. The van der Waals surface area contributed by atoms with E-state index >= 15 is 0 Å². The number of ether oxygens (including phenoxy) is 2. The topological polar surface area (TPSA) is 77.6 Å². The zero-order valence-electron chi connectivity index (χ0n) is 18.3. The van der Waals surface area contributed by atoms with Crippen molar-refractivity contribution in [3.05, 3.63) is 23.8 Å². The van der Waals surface area contributed by atoms with Gasteiger partial charge in [0, 0.05) is 27.2 Å². The lowest BCUT2D eigenvalue weighted by Crippen LogP contribution is -2.67. The minimum Gasteiger partial charge on any atom is -0.495 e. The van der Waals surface area contributed by atoms with Crippen LogP contribution in [0.2, 0.25) is 0 Å². The van der Waals surface area contributed by atoms with Crippen molar-refractivity contribution in [1.82, 2.24) is 20.0 Å². The van der Waals surface area contributed by atoms with Gasteiger partial charge in [-0.3, -0.25) is 19.9 Å². The van der Waals surface area contributed by atoms with E-state index in [-0.39, 0.29) is 30.9 Å². The van der Waals surface area contributed by atoms with Gasteiger partial charge in [-0.1, -0.05) is 13.0 Å². The lowest BCUT2D eigenvalue weighted by Gasteiger charge is -2.46. The molecule has 0 radical (unpaired) electrons. The van der Waals surface area contributed by atoms with Gasteiger partial charge in [-0.25, -0.2) is 4.79 Å². The van der Waals surface area contributed by atoms with Gasteiger partial charge < -0.3 is 19.3 Å². The van der Waals surface area contributed by atoms with Gasteiger partial charge in [-0.05, 0) is 30.5 Å². The van der Waals surface area contributed by atoms with Crippen LogP contribution in [0.4, 0.5) is 10.5 Å². The number of nitrogens with one attached hydrogen (secondary N) is 1. The van der Waals surface area contributed by atoms with Crippen molar-refractivity contribution >= 4 is 17.6 Å². The number of aryl methyl sites for hydroxylation is 1. The third kappa shape index (κ3) is 3.30. The molecule has 0 saturated carbocycles. The van der Waals surface area contributed by atoms with E-state index in [0.717, 1.165) is 30.1 Å². The standard InChI is InChI=1S/C21H31N5O4/c1-13-6-7-16(30-5)15(10-13)25-11-14(2)12-26-17-18(22-20(25)26)23(3)21(28)24(19(17)27)8-9-29-4/h6-7,10,14,17-18,20,22H,8-9,11-12H2,1-5H3. The van der Waals surface area contributed by atoms with Crippen LogP contribution >= 0.6 is 0 Å². The van der Waals surface area contributed by atoms with Crippen molar-refractivity contribution in [3.63, 3.8) is 0 Å². The number of fused-ring (bicyclic) bond motifs is 3. The van der Waals surface area contributed by atoms with Crippen LogP contribution in [-0.2, 0) is 9.53 Å². The second kappa shape index (κ2) is 8.05. The number of hydrogen-bond acceptors (Lipinski definition) is 7. The SMILES string of the molecule is COCCN1C(=O)C2C(NC3N(c4cc(C)ccc4OC)CC(C)CN23)N(C)C1=O. The van der Waals surface area contributed by atoms with Crippen molar-refractivity contribution in [3.8, 4) is 5.75 Å². The molecule has 0 aliphatic carbocycles. The minimum atomic E-state index is -0.435. The van der Waals surface area contributed by atoms with E-state index in [9.17, 15) is 9.59 Å². The number of rotatable bonds is 5. The lowest BCUT2D eigenvalue weighted by atomic mass is 10.0. The third-order valence-corrected chi connectivity index (χ3v) is 6.25. The quantitative estimate of drug-likeness (QED) is 0.762. The summed E-state index contributed by atoms with van der Waals surface area (Å²) < 4.78 is 10.7. The first-order valence-corrected chi connectivity index (χ1v) is 10.4. The minimum absolute atomic E-state index is 0.166. The molecule has 3 amide bonds. The molecule has 3 heterocycles. The number of methoxy groups -OCH3 is 2. The molecule has 3 saturated heterocycles. The Balaban J connectivity index is 1.69. The molecule has 4 unspecified atom stereocenters. The van der Waals surface area contributed by atoms with Crippen LogP contribution in [0, 0.1) is 12.8 Å². The van der Waals surface area contributed by atoms with E-state index in [0.29, 0.717) is 12.5 Å². The summed E-state index contributed by atoms with van der Waals surface area (Å²) in [7, 11) is 4.99. The predicted molar refractivity (Wildman–Crippen MR) is 112 cm³/mol. The van der Waals surface area contributed by atoms with Gasteiger partial charge in [0.2, 0.25) is 0 Å². The lowest BCUT2D eigenvalue weighted by molar-refractivity contribution is -0.139. The van der Waals surface area contributed by atoms with Crippen molar-refractivity contribution in [2.24, 2.45) is 5.92 Å². The molecule has 9 nitrogen and oxygen atoms in total. The van der Waals surface area contributed by atoms with Gasteiger partial charge in [0.15, 0.2) is 0 Å². The zero-order valence-corrected chi connectivity index (χ0v) is 18.3. The van der Waals surface area contributed by atoms with Crippen LogP contribution in [-0.4, -0.2) is 92.6 Å². The third-order valence-electron chi connectivity index (χ3n) is 6.25. The molecule has 0 spiro atoms. The Kier molecular flexibility index (Phi) is 5.61. The van der Waals surface area contributed by atoms with Crippen LogP contribution in [0.1, 0.15) is 12.5 Å². The van der Waals surface area contributed by atoms with Gasteiger partial charge in [0.1, 0.15) is 24.2 Å². The van der Waals surface area contributed by atoms with Crippen LogP contribution < -0.4 is 15.0 Å². The largest absolute Gasteiger partial charge is 0.495 e. The average molecular weight is 418 g/mol. The fourth-order valence-corrected chi connectivity index (χ4v) is 4.82. The highest BCUT2D eigenvalue weighted by Crippen LogP contribution is 2.38. The molecule has 0 bridgehead atoms. The number of imide groups is 1. The summed E-state index contributed by atoms with van der Waals surface area (Å²) in [6.07, 6.45) is -0.578. The second-order valence-electron chi connectivity index (χ2n) is 8.44. The molecule has 9 heteroatoms. The van der Waals surface area contributed by atoms with E-state index < -0.39 is 6.04 Å². The molecule has 4 atom stereocenters. The Morgan fingerprint density at radius 1 is 1.20 bits per heavy atom. The van der Waals surface area contributed by atoms with Gasteiger partial charge in [0.25, 0.3) is 5.91 Å². The number of benzene rings is 1. The average Bonchev–Trinajstić information content (AvgIpc) is 3.11. The number of carbonyl (C=O) groups is 2. The second-order valence-corrected chi connectivity index (χ2v) is 8.44. The van der Waals surface area contributed by atoms with E-state index in [2.05, 4.69) is 35.0 Å². The zero-order chi connectivity index (χ0) is 21.6. The number of hydrogen-bond donors (Lipinski definition) is 1. The smallest absolute Gasteiger partial charge is 0.327 e. The first-order valence-electron chi connectivity index (χ1n) is 10.4. The number of amides is 3. The predicted octanol–water partition coefficient (Wildman–Crippen LogP) is 0.884. The molecule has 1 N–H and O–H groups in total. The molecule has 164 valence electrons. The van der Waals surface area contributed by atoms with Crippen LogP contribution in [0.25, 0.3) is 0 Å². The number of anilines is 1. The summed E-state index contributed by atoms with van der Waals surface area (Å²) >= 11 is 0. The van der Waals surface area contributed by atoms with Crippen molar-refractivity contribution < 1.29 is 19.1 Å². The maximum Gasteiger partial charge on any atom is 0.327 e. The maximum atomic E-state index is 13.3. The first-order chi connectivity index (χ1) is 14.4. The molecule has 4 rings (SSSR count). The van der Waals surface area contributed by atoms with Crippen molar-refractivity contribution in [2.45, 2.75) is 32.3 Å². The maximum absolute atomic E-state index is 13.3. The molecule has 1 aromatic rings. The molecule has 30 heavy (non-hydrogen) atoms. The monoisotopic (exact) mass is 417 g/mol. The van der Waals surface area contributed by atoms with Crippen LogP contribution in [0.15, 0.2) is 18.2 Å². The Hall–Kier alpha value is -2.36. The Morgan fingerprint density at radius 3 is 2.67 bits per heavy atom.